The summed E-state index contributed by atoms with van der Waals surface area (Å²) in [7, 11) is 0. The molecule has 4 N–H and O–H groups in total. The van der Waals surface area contributed by atoms with Crippen molar-refractivity contribution in [1.29, 1.82) is 0 Å². The minimum absolute atomic E-state index is 0.359. The number of nitrogens with one attached hydrogen (secondary N) is 4. The third-order valence-electron chi connectivity index (χ3n) is 5.80. The molecule has 5 rings (SSSR count). The van der Waals surface area contributed by atoms with Crippen LogP contribution in [-0.4, -0.2) is 33.0 Å². The van der Waals surface area contributed by atoms with Crippen LogP contribution in [0.1, 0.15) is 43.9 Å². The van der Waals surface area contributed by atoms with E-state index in [2.05, 4.69) is 73.9 Å². The van der Waals surface area contributed by atoms with E-state index in [1.54, 1.807) is 0 Å². The molecule has 2 aromatic carbocycles. The maximum absolute atomic E-state index is 4.60. The monoisotopic (exact) mass is 400 g/mol. The maximum atomic E-state index is 4.60. The SMILES string of the molecule is CCCNCc1ncc(-c2ccc3cc(-c4cnc([C@@H]5CCCN5)[nH]4)ccc3c2)[nH]1. The first-order valence-electron chi connectivity index (χ1n) is 10.9. The fourth-order valence-corrected chi connectivity index (χ4v) is 4.14. The van der Waals surface area contributed by atoms with Gasteiger partial charge >= 0.3 is 0 Å². The lowest BCUT2D eigenvalue weighted by molar-refractivity contribution is 0.613. The smallest absolute Gasteiger partial charge is 0.123 e. The van der Waals surface area contributed by atoms with Crippen LogP contribution >= 0.6 is 0 Å². The molecule has 1 aliphatic rings. The number of benzene rings is 2. The van der Waals surface area contributed by atoms with Gasteiger partial charge < -0.3 is 20.6 Å². The first-order valence-corrected chi connectivity index (χ1v) is 10.9. The van der Waals surface area contributed by atoms with Crippen LogP contribution in [0.15, 0.2) is 48.8 Å². The maximum Gasteiger partial charge on any atom is 0.123 e. The molecule has 0 bridgehead atoms. The van der Waals surface area contributed by atoms with E-state index in [1.165, 1.54) is 17.2 Å². The number of nitrogens with zero attached hydrogens (tertiary/aromatic N) is 2. The fraction of sp³-hybridized carbons (Fsp3) is 0.333. The summed E-state index contributed by atoms with van der Waals surface area (Å²) in [5, 5.41) is 9.32. The predicted octanol–water partition coefficient (Wildman–Crippen LogP) is 4.54. The molecule has 30 heavy (non-hydrogen) atoms. The van der Waals surface area contributed by atoms with Gasteiger partial charge in [0.2, 0.25) is 0 Å². The van der Waals surface area contributed by atoms with E-state index in [4.69, 9.17) is 0 Å². The third kappa shape index (κ3) is 3.88. The number of imidazole rings is 2. The summed E-state index contributed by atoms with van der Waals surface area (Å²) < 4.78 is 0. The normalized spacial score (nSPS) is 16.5. The van der Waals surface area contributed by atoms with Gasteiger partial charge in [0.15, 0.2) is 0 Å². The number of hydrogen-bond donors (Lipinski definition) is 4. The second-order valence-electron chi connectivity index (χ2n) is 8.03. The molecule has 1 saturated heterocycles. The number of fused-ring (bicyclic) bond motifs is 1. The molecule has 3 heterocycles. The quantitative estimate of drug-likeness (QED) is 0.343. The van der Waals surface area contributed by atoms with Gasteiger partial charge in [-0.3, -0.25) is 0 Å². The van der Waals surface area contributed by atoms with E-state index in [-0.39, 0.29) is 0 Å². The zero-order chi connectivity index (χ0) is 20.3. The highest BCUT2D eigenvalue weighted by Crippen LogP contribution is 2.29. The van der Waals surface area contributed by atoms with Gasteiger partial charge in [-0.05, 0) is 55.3 Å². The molecule has 154 valence electrons. The van der Waals surface area contributed by atoms with Crippen LogP contribution in [0.25, 0.3) is 33.3 Å². The summed E-state index contributed by atoms with van der Waals surface area (Å²) in [6.07, 6.45) is 7.35. The highest BCUT2D eigenvalue weighted by molar-refractivity contribution is 5.90. The van der Waals surface area contributed by atoms with Crippen molar-refractivity contribution in [1.82, 2.24) is 30.6 Å². The van der Waals surface area contributed by atoms with Crippen molar-refractivity contribution in [3.63, 3.8) is 0 Å². The number of aromatic amines is 2. The van der Waals surface area contributed by atoms with Gasteiger partial charge in [0.1, 0.15) is 11.6 Å². The molecule has 0 spiro atoms. The van der Waals surface area contributed by atoms with Gasteiger partial charge in [0.05, 0.1) is 36.4 Å². The van der Waals surface area contributed by atoms with Gasteiger partial charge in [0, 0.05) is 11.1 Å². The second-order valence-corrected chi connectivity index (χ2v) is 8.03. The van der Waals surface area contributed by atoms with Crippen molar-refractivity contribution in [2.45, 2.75) is 38.8 Å². The number of aromatic nitrogens is 4. The first kappa shape index (κ1) is 19.0. The summed E-state index contributed by atoms with van der Waals surface area (Å²) in [4.78, 5) is 16.0. The lowest BCUT2D eigenvalue weighted by Gasteiger charge is -2.06. The van der Waals surface area contributed by atoms with E-state index in [9.17, 15) is 0 Å². The van der Waals surface area contributed by atoms with E-state index in [1.807, 2.05) is 12.4 Å². The van der Waals surface area contributed by atoms with Crippen LogP contribution < -0.4 is 10.6 Å². The zero-order valence-corrected chi connectivity index (χ0v) is 17.3. The molecule has 0 amide bonds. The van der Waals surface area contributed by atoms with Gasteiger partial charge in [-0.1, -0.05) is 31.2 Å². The number of rotatable bonds is 7. The van der Waals surface area contributed by atoms with E-state index in [0.29, 0.717) is 6.04 Å². The van der Waals surface area contributed by atoms with Gasteiger partial charge in [0.25, 0.3) is 0 Å². The van der Waals surface area contributed by atoms with Crippen molar-refractivity contribution in [3.8, 4) is 22.5 Å². The van der Waals surface area contributed by atoms with E-state index < -0.39 is 0 Å². The van der Waals surface area contributed by atoms with Crippen molar-refractivity contribution < 1.29 is 0 Å². The summed E-state index contributed by atoms with van der Waals surface area (Å²) in [5.74, 6) is 2.02. The third-order valence-corrected chi connectivity index (χ3v) is 5.80. The molecule has 0 radical (unpaired) electrons. The average molecular weight is 401 g/mol. The molecule has 0 saturated carbocycles. The van der Waals surface area contributed by atoms with Gasteiger partial charge in [-0.2, -0.15) is 0 Å². The van der Waals surface area contributed by atoms with Gasteiger partial charge in [-0.15, -0.1) is 0 Å². The molecule has 2 aromatic heterocycles. The Hall–Kier alpha value is -2.96. The Kier molecular flexibility index (Phi) is 5.34. The zero-order valence-electron chi connectivity index (χ0n) is 17.3. The molecule has 6 nitrogen and oxygen atoms in total. The fourth-order valence-electron chi connectivity index (χ4n) is 4.14. The van der Waals surface area contributed by atoms with Crippen LogP contribution in [0, 0.1) is 0 Å². The molecular weight excluding hydrogens is 372 g/mol. The molecule has 1 fully saturated rings. The van der Waals surface area contributed by atoms with Crippen molar-refractivity contribution in [3.05, 3.63) is 60.4 Å². The van der Waals surface area contributed by atoms with Crippen LogP contribution in [0.4, 0.5) is 0 Å². The minimum atomic E-state index is 0.359. The van der Waals surface area contributed by atoms with Gasteiger partial charge in [-0.25, -0.2) is 9.97 Å². The molecule has 6 heteroatoms. The Balaban J connectivity index is 1.36. The van der Waals surface area contributed by atoms with Crippen LogP contribution in [0.3, 0.4) is 0 Å². The Morgan fingerprint density at radius 2 is 1.70 bits per heavy atom. The van der Waals surface area contributed by atoms with Crippen molar-refractivity contribution >= 4 is 10.8 Å². The molecule has 4 aromatic rings. The number of H-pyrrole nitrogens is 2. The summed E-state index contributed by atoms with van der Waals surface area (Å²) in [6.45, 7) is 5.02. The second kappa shape index (κ2) is 8.42. The van der Waals surface area contributed by atoms with E-state index >= 15 is 0 Å². The first-order chi connectivity index (χ1) is 14.8. The minimum Gasteiger partial charge on any atom is -0.341 e. The Morgan fingerprint density at radius 3 is 2.40 bits per heavy atom. The Labute approximate surface area is 176 Å². The Morgan fingerprint density at radius 1 is 0.967 bits per heavy atom. The largest absolute Gasteiger partial charge is 0.341 e. The standard InChI is InChI=1S/C24H28N6/c1-2-9-25-15-23-27-13-21(29-23)18-7-5-17-12-19(8-6-16(17)11-18)22-14-28-24(30-22)20-4-3-10-26-20/h5-8,11-14,20,25-26H,2-4,9-10,15H2,1H3,(H,27,29)(H,28,30)/t20-/m0/s1. The lowest BCUT2D eigenvalue weighted by Crippen LogP contribution is -2.14. The Bertz CT molecular complexity index is 1140. The van der Waals surface area contributed by atoms with Crippen molar-refractivity contribution in [2.24, 2.45) is 0 Å². The summed E-state index contributed by atoms with van der Waals surface area (Å²) in [6, 6.07) is 13.5. The predicted molar refractivity (Wildman–Crippen MR) is 121 cm³/mol. The van der Waals surface area contributed by atoms with Crippen LogP contribution in [0.5, 0.6) is 0 Å². The lowest BCUT2D eigenvalue weighted by atomic mass is 10.0. The average Bonchev–Trinajstić information content (AvgIpc) is 3.54. The highest BCUT2D eigenvalue weighted by Gasteiger charge is 2.19. The van der Waals surface area contributed by atoms with Crippen LogP contribution in [-0.2, 0) is 6.54 Å². The molecule has 1 atom stereocenters. The highest BCUT2D eigenvalue weighted by atomic mass is 15.0. The summed E-state index contributed by atoms with van der Waals surface area (Å²) in [5.41, 5.74) is 4.44. The summed E-state index contributed by atoms with van der Waals surface area (Å²) >= 11 is 0. The van der Waals surface area contributed by atoms with E-state index in [0.717, 1.165) is 66.6 Å². The number of hydrogen-bond acceptors (Lipinski definition) is 4. The molecule has 1 aliphatic heterocycles. The van der Waals surface area contributed by atoms with Crippen LogP contribution in [0.2, 0.25) is 0 Å². The van der Waals surface area contributed by atoms with Crippen molar-refractivity contribution in [2.75, 3.05) is 13.1 Å². The molecular formula is C24H28N6. The molecule has 0 aliphatic carbocycles. The molecule has 0 unspecified atom stereocenters. The topological polar surface area (TPSA) is 81.4 Å².